The van der Waals surface area contributed by atoms with E-state index in [9.17, 15) is 0 Å². The Balaban J connectivity index is 2.22. The van der Waals surface area contributed by atoms with E-state index in [1.165, 1.54) is 16.7 Å². The molecule has 0 fully saturated rings. The van der Waals surface area contributed by atoms with Crippen LogP contribution >= 0.6 is 15.9 Å². The maximum absolute atomic E-state index is 4.19. The highest BCUT2D eigenvalue weighted by molar-refractivity contribution is 9.10. The van der Waals surface area contributed by atoms with Crippen LogP contribution in [0.1, 0.15) is 36.1 Å². The van der Waals surface area contributed by atoms with Crippen LogP contribution in [-0.4, -0.2) is 11.5 Å². The van der Waals surface area contributed by atoms with Crippen molar-refractivity contribution < 1.29 is 0 Å². The number of halogens is 1. The number of aryl methyl sites for hydroxylation is 1. The van der Waals surface area contributed by atoms with Gasteiger partial charge < -0.3 is 5.32 Å². The zero-order chi connectivity index (χ0) is 14.4. The summed E-state index contributed by atoms with van der Waals surface area (Å²) >= 11 is 3.55. The summed E-state index contributed by atoms with van der Waals surface area (Å²) in [5.74, 6) is 0. The fourth-order valence-corrected chi connectivity index (χ4v) is 2.83. The summed E-state index contributed by atoms with van der Waals surface area (Å²) in [4.78, 5) is 4.19. The predicted octanol–water partition coefficient (Wildman–Crippen LogP) is 4.44. The topological polar surface area (TPSA) is 24.9 Å². The molecular formula is C17H21BrN2. The van der Waals surface area contributed by atoms with Crippen molar-refractivity contribution in [3.63, 3.8) is 0 Å². The molecule has 0 aliphatic carbocycles. The van der Waals surface area contributed by atoms with Gasteiger partial charge in [0.15, 0.2) is 0 Å². The van der Waals surface area contributed by atoms with Crippen LogP contribution in [0.3, 0.4) is 0 Å². The second kappa shape index (κ2) is 7.55. The SMILES string of the molecule is CCCNC(Cc1cccc(Br)c1)c1ccncc1C. The van der Waals surface area contributed by atoms with E-state index in [1.807, 2.05) is 12.4 Å². The van der Waals surface area contributed by atoms with Crippen LogP contribution in [0.5, 0.6) is 0 Å². The Bertz CT molecular complexity index is 554. The summed E-state index contributed by atoms with van der Waals surface area (Å²) in [6.45, 7) is 5.35. The fraction of sp³-hybridized carbons (Fsp3) is 0.353. The van der Waals surface area contributed by atoms with Crippen molar-refractivity contribution in [3.05, 3.63) is 63.9 Å². The smallest absolute Gasteiger partial charge is 0.0364 e. The molecule has 2 aromatic rings. The van der Waals surface area contributed by atoms with Crippen molar-refractivity contribution >= 4 is 15.9 Å². The number of nitrogens with zero attached hydrogens (tertiary/aromatic N) is 1. The van der Waals surface area contributed by atoms with Gasteiger partial charge in [-0.05, 0) is 61.2 Å². The van der Waals surface area contributed by atoms with E-state index in [4.69, 9.17) is 0 Å². The molecule has 2 nitrogen and oxygen atoms in total. The predicted molar refractivity (Wildman–Crippen MR) is 87.9 cm³/mol. The minimum atomic E-state index is 0.340. The Morgan fingerprint density at radius 1 is 1.30 bits per heavy atom. The number of hydrogen-bond acceptors (Lipinski definition) is 2. The molecule has 0 radical (unpaired) electrons. The van der Waals surface area contributed by atoms with Gasteiger partial charge in [0, 0.05) is 22.9 Å². The number of rotatable bonds is 6. The summed E-state index contributed by atoms with van der Waals surface area (Å²) in [5.41, 5.74) is 3.92. The number of benzene rings is 1. The first-order chi connectivity index (χ1) is 9.70. The van der Waals surface area contributed by atoms with Crippen LogP contribution < -0.4 is 5.32 Å². The minimum absolute atomic E-state index is 0.340. The summed E-state index contributed by atoms with van der Waals surface area (Å²) in [6.07, 6.45) is 5.95. The number of nitrogens with one attached hydrogen (secondary N) is 1. The standard InChI is InChI=1S/C17H21BrN2/c1-3-8-20-17(16-7-9-19-12-13(16)2)11-14-5-4-6-15(18)10-14/h4-7,9-10,12,17,20H,3,8,11H2,1-2H3. The average molecular weight is 333 g/mol. The van der Waals surface area contributed by atoms with Crippen molar-refractivity contribution in [2.24, 2.45) is 0 Å². The molecule has 0 saturated heterocycles. The van der Waals surface area contributed by atoms with Gasteiger partial charge in [0.2, 0.25) is 0 Å². The highest BCUT2D eigenvalue weighted by Gasteiger charge is 2.13. The monoisotopic (exact) mass is 332 g/mol. The van der Waals surface area contributed by atoms with Crippen LogP contribution in [0.25, 0.3) is 0 Å². The van der Waals surface area contributed by atoms with Gasteiger partial charge in [-0.15, -0.1) is 0 Å². The Kier molecular flexibility index (Phi) is 5.74. The average Bonchev–Trinajstić information content (AvgIpc) is 2.44. The Labute approximate surface area is 129 Å². The van der Waals surface area contributed by atoms with Crippen molar-refractivity contribution in [2.45, 2.75) is 32.7 Å². The fourth-order valence-electron chi connectivity index (χ4n) is 2.39. The van der Waals surface area contributed by atoms with E-state index in [0.717, 1.165) is 23.9 Å². The van der Waals surface area contributed by atoms with E-state index in [0.29, 0.717) is 6.04 Å². The van der Waals surface area contributed by atoms with Crippen molar-refractivity contribution in [2.75, 3.05) is 6.54 Å². The highest BCUT2D eigenvalue weighted by atomic mass is 79.9. The molecule has 0 aliphatic rings. The van der Waals surface area contributed by atoms with Gasteiger partial charge in [0.05, 0.1) is 0 Å². The molecule has 1 aromatic heterocycles. The van der Waals surface area contributed by atoms with E-state index >= 15 is 0 Å². The summed E-state index contributed by atoms with van der Waals surface area (Å²) in [6, 6.07) is 11.0. The Hall–Kier alpha value is -1.19. The lowest BCUT2D eigenvalue weighted by Gasteiger charge is -2.21. The largest absolute Gasteiger partial charge is 0.310 e. The van der Waals surface area contributed by atoms with Crippen molar-refractivity contribution in [3.8, 4) is 0 Å². The quantitative estimate of drug-likeness (QED) is 0.846. The van der Waals surface area contributed by atoms with Gasteiger partial charge in [0.1, 0.15) is 0 Å². The molecule has 1 unspecified atom stereocenters. The van der Waals surface area contributed by atoms with Crippen LogP contribution in [0.2, 0.25) is 0 Å². The molecule has 1 atom stereocenters. The van der Waals surface area contributed by atoms with E-state index < -0.39 is 0 Å². The van der Waals surface area contributed by atoms with E-state index in [2.05, 4.69) is 70.4 Å². The van der Waals surface area contributed by atoms with Gasteiger partial charge in [-0.3, -0.25) is 4.98 Å². The van der Waals surface area contributed by atoms with Gasteiger partial charge in [-0.25, -0.2) is 0 Å². The van der Waals surface area contributed by atoms with Crippen LogP contribution in [0, 0.1) is 6.92 Å². The third-order valence-corrected chi connectivity index (χ3v) is 3.90. The molecule has 1 heterocycles. The molecule has 106 valence electrons. The van der Waals surface area contributed by atoms with E-state index in [-0.39, 0.29) is 0 Å². The molecule has 2 rings (SSSR count). The number of hydrogen-bond donors (Lipinski definition) is 1. The van der Waals surface area contributed by atoms with Crippen molar-refractivity contribution in [1.29, 1.82) is 0 Å². The summed E-state index contributed by atoms with van der Waals surface area (Å²) < 4.78 is 1.13. The minimum Gasteiger partial charge on any atom is -0.310 e. The Morgan fingerprint density at radius 3 is 2.85 bits per heavy atom. The normalized spacial score (nSPS) is 12.3. The zero-order valence-electron chi connectivity index (χ0n) is 12.1. The maximum atomic E-state index is 4.19. The van der Waals surface area contributed by atoms with Crippen LogP contribution in [-0.2, 0) is 6.42 Å². The maximum Gasteiger partial charge on any atom is 0.0364 e. The lowest BCUT2D eigenvalue weighted by Crippen LogP contribution is -2.24. The molecule has 3 heteroatoms. The third-order valence-electron chi connectivity index (χ3n) is 3.41. The molecule has 1 aromatic carbocycles. The molecule has 0 saturated carbocycles. The molecule has 0 amide bonds. The Morgan fingerprint density at radius 2 is 2.15 bits per heavy atom. The first-order valence-corrected chi connectivity index (χ1v) is 7.88. The van der Waals surface area contributed by atoms with Crippen LogP contribution in [0.15, 0.2) is 47.2 Å². The summed E-state index contributed by atoms with van der Waals surface area (Å²) in [7, 11) is 0. The third kappa shape index (κ3) is 4.15. The lowest BCUT2D eigenvalue weighted by molar-refractivity contribution is 0.526. The summed E-state index contributed by atoms with van der Waals surface area (Å²) in [5, 5.41) is 3.65. The number of aromatic nitrogens is 1. The van der Waals surface area contributed by atoms with Gasteiger partial charge >= 0.3 is 0 Å². The van der Waals surface area contributed by atoms with Gasteiger partial charge in [0.25, 0.3) is 0 Å². The molecule has 0 bridgehead atoms. The van der Waals surface area contributed by atoms with Crippen LogP contribution in [0.4, 0.5) is 0 Å². The van der Waals surface area contributed by atoms with Crippen molar-refractivity contribution in [1.82, 2.24) is 10.3 Å². The van der Waals surface area contributed by atoms with Gasteiger partial charge in [-0.2, -0.15) is 0 Å². The molecule has 1 N–H and O–H groups in total. The molecule has 20 heavy (non-hydrogen) atoms. The first kappa shape index (κ1) is 15.2. The van der Waals surface area contributed by atoms with Gasteiger partial charge in [-0.1, -0.05) is 35.0 Å². The second-order valence-electron chi connectivity index (χ2n) is 5.07. The second-order valence-corrected chi connectivity index (χ2v) is 5.99. The molecule has 0 spiro atoms. The highest BCUT2D eigenvalue weighted by Crippen LogP contribution is 2.22. The number of pyridine rings is 1. The molecular weight excluding hydrogens is 312 g/mol. The first-order valence-electron chi connectivity index (χ1n) is 7.09. The zero-order valence-corrected chi connectivity index (χ0v) is 13.7. The lowest BCUT2D eigenvalue weighted by atomic mass is 9.96. The molecule has 0 aliphatic heterocycles. The van der Waals surface area contributed by atoms with E-state index in [1.54, 1.807) is 0 Å².